The fourth-order valence-corrected chi connectivity index (χ4v) is 1.42. The molecule has 0 radical (unpaired) electrons. The first-order chi connectivity index (χ1) is 7.29. The first kappa shape index (κ1) is 13.1. The lowest BCUT2D eigenvalue weighted by molar-refractivity contribution is -0.153. The molecule has 0 aromatic heterocycles. The van der Waals surface area contributed by atoms with Crippen molar-refractivity contribution in [2.24, 2.45) is 5.73 Å². The molecule has 0 aliphatic carbocycles. The van der Waals surface area contributed by atoms with Crippen molar-refractivity contribution in [3.05, 3.63) is 28.8 Å². The van der Waals surface area contributed by atoms with Crippen molar-refractivity contribution < 1.29 is 17.9 Å². The molecule has 0 bridgehead atoms. The maximum absolute atomic E-state index is 11.9. The molecule has 1 atom stereocenters. The fourth-order valence-electron chi connectivity index (χ4n) is 1.13. The van der Waals surface area contributed by atoms with E-state index in [2.05, 4.69) is 4.74 Å². The molecule has 1 rings (SSSR count). The van der Waals surface area contributed by atoms with Crippen LogP contribution in [0.1, 0.15) is 18.5 Å². The third kappa shape index (κ3) is 3.90. The van der Waals surface area contributed by atoms with Gasteiger partial charge >= 0.3 is 6.18 Å². The van der Waals surface area contributed by atoms with E-state index in [0.29, 0.717) is 10.6 Å². The lowest BCUT2D eigenvalue weighted by Crippen LogP contribution is -2.19. The number of ether oxygens (including phenoxy) is 1. The largest absolute Gasteiger partial charge is 0.484 e. The highest BCUT2D eigenvalue weighted by Gasteiger charge is 2.28. The van der Waals surface area contributed by atoms with Crippen molar-refractivity contribution in [2.45, 2.75) is 19.1 Å². The van der Waals surface area contributed by atoms with Crippen LogP contribution < -0.4 is 10.5 Å². The summed E-state index contributed by atoms with van der Waals surface area (Å²) in [4.78, 5) is 0. The number of benzene rings is 1. The molecule has 0 amide bonds. The van der Waals surface area contributed by atoms with Crippen LogP contribution in [0.3, 0.4) is 0 Å². The zero-order valence-corrected chi connectivity index (χ0v) is 9.27. The number of hydrogen-bond acceptors (Lipinski definition) is 2. The maximum Gasteiger partial charge on any atom is 0.422 e. The summed E-state index contributed by atoms with van der Waals surface area (Å²) < 4.78 is 40.3. The minimum absolute atomic E-state index is 0.106. The first-order valence-electron chi connectivity index (χ1n) is 4.54. The highest BCUT2D eigenvalue weighted by Crippen LogP contribution is 2.27. The van der Waals surface area contributed by atoms with Crippen molar-refractivity contribution in [2.75, 3.05) is 6.61 Å². The Labute approximate surface area is 96.1 Å². The van der Waals surface area contributed by atoms with Gasteiger partial charge in [0.05, 0.1) is 0 Å². The van der Waals surface area contributed by atoms with Gasteiger partial charge in [-0.3, -0.25) is 0 Å². The van der Waals surface area contributed by atoms with Crippen LogP contribution in [0.4, 0.5) is 13.2 Å². The van der Waals surface area contributed by atoms with Crippen molar-refractivity contribution in [1.82, 2.24) is 0 Å². The topological polar surface area (TPSA) is 35.2 Å². The Morgan fingerprint density at radius 3 is 2.56 bits per heavy atom. The second-order valence-corrected chi connectivity index (χ2v) is 3.78. The lowest BCUT2D eigenvalue weighted by atomic mass is 10.1. The standard InChI is InChI=1S/C10H11ClF3NO/c1-6(15)8-4-7(2-3-9(8)11)16-5-10(12,13)14/h2-4,6H,5,15H2,1H3. The van der Waals surface area contributed by atoms with E-state index in [1.165, 1.54) is 18.2 Å². The van der Waals surface area contributed by atoms with Crippen molar-refractivity contribution in [3.63, 3.8) is 0 Å². The normalized spacial score (nSPS) is 13.6. The van der Waals surface area contributed by atoms with E-state index < -0.39 is 12.8 Å². The highest BCUT2D eigenvalue weighted by atomic mass is 35.5. The zero-order chi connectivity index (χ0) is 12.3. The van der Waals surface area contributed by atoms with Crippen LogP contribution in [-0.2, 0) is 0 Å². The summed E-state index contributed by atoms with van der Waals surface area (Å²) >= 11 is 5.82. The van der Waals surface area contributed by atoms with Gasteiger partial charge in [-0.1, -0.05) is 11.6 Å². The molecule has 16 heavy (non-hydrogen) atoms. The Morgan fingerprint density at radius 2 is 2.06 bits per heavy atom. The van der Waals surface area contributed by atoms with Crippen LogP contribution in [0.5, 0.6) is 5.75 Å². The Balaban J connectivity index is 2.79. The van der Waals surface area contributed by atoms with Crippen LogP contribution in [0.25, 0.3) is 0 Å². The molecule has 6 heteroatoms. The molecular weight excluding hydrogens is 243 g/mol. The van der Waals surface area contributed by atoms with Crippen molar-refractivity contribution in [1.29, 1.82) is 0 Å². The quantitative estimate of drug-likeness (QED) is 0.897. The highest BCUT2D eigenvalue weighted by molar-refractivity contribution is 6.31. The monoisotopic (exact) mass is 253 g/mol. The van der Waals surface area contributed by atoms with Crippen LogP contribution in [0.15, 0.2) is 18.2 Å². The Bertz CT molecular complexity index is 366. The number of rotatable bonds is 3. The van der Waals surface area contributed by atoms with E-state index in [1.54, 1.807) is 6.92 Å². The lowest BCUT2D eigenvalue weighted by Gasteiger charge is -2.13. The van der Waals surface area contributed by atoms with Gasteiger partial charge in [0.1, 0.15) is 5.75 Å². The average Bonchev–Trinajstić information content (AvgIpc) is 2.14. The van der Waals surface area contributed by atoms with Crippen LogP contribution in [0, 0.1) is 0 Å². The fraction of sp³-hybridized carbons (Fsp3) is 0.400. The van der Waals surface area contributed by atoms with E-state index in [0.717, 1.165) is 0 Å². The van der Waals surface area contributed by atoms with E-state index in [1.807, 2.05) is 0 Å². The summed E-state index contributed by atoms with van der Waals surface area (Å²) in [6, 6.07) is 3.90. The average molecular weight is 254 g/mol. The van der Waals surface area contributed by atoms with E-state index in [9.17, 15) is 13.2 Å². The molecule has 2 N–H and O–H groups in total. The molecule has 0 heterocycles. The number of halogens is 4. The molecule has 1 aromatic rings. The van der Waals surface area contributed by atoms with Gasteiger partial charge in [-0.2, -0.15) is 13.2 Å². The molecule has 0 saturated carbocycles. The molecule has 0 aliphatic heterocycles. The van der Waals surface area contributed by atoms with E-state index >= 15 is 0 Å². The minimum Gasteiger partial charge on any atom is -0.484 e. The summed E-state index contributed by atoms with van der Waals surface area (Å²) in [5.74, 6) is 0.106. The molecule has 0 fully saturated rings. The van der Waals surface area contributed by atoms with E-state index in [4.69, 9.17) is 17.3 Å². The van der Waals surface area contributed by atoms with Gasteiger partial charge in [-0.25, -0.2) is 0 Å². The predicted molar refractivity (Wildman–Crippen MR) is 55.6 cm³/mol. The summed E-state index contributed by atoms with van der Waals surface area (Å²) in [7, 11) is 0. The molecule has 1 aromatic carbocycles. The second kappa shape index (κ2) is 4.93. The van der Waals surface area contributed by atoms with Gasteiger partial charge in [0.15, 0.2) is 6.61 Å². The van der Waals surface area contributed by atoms with Gasteiger partial charge in [0, 0.05) is 11.1 Å². The predicted octanol–water partition coefficient (Wildman–Crippen LogP) is 3.30. The van der Waals surface area contributed by atoms with E-state index in [-0.39, 0.29) is 11.8 Å². The molecule has 1 unspecified atom stereocenters. The summed E-state index contributed by atoms with van der Waals surface area (Å²) in [5, 5.41) is 0.411. The number of nitrogens with two attached hydrogens (primary N) is 1. The van der Waals surface area contributed by atoms with Gasteiger partial charge < -0.3 is 10.5 Å². The summed E-state index contributed by atoms with van der Waals surface area (Å²) in [5.41, 5.74) is 6.16. The molecule has 0 saturated heterocycles. The maximum atomic E-state index is 11.9. The van der Waals surface area contributed by atoms with Gasteiger partial charge in [0.25, 0.3) is 0 Å². The van der Waals surface area contributed by atoms with Crippen LogP contribution >= 0.6 is 11.6 Å². The third-order valence-corrected chi connectivity index (χ3v) is 2.20. The van der Waals surface area contributed by atoms with Gasteiger partial charge in [-0.15, -0.1) is 0 Å². The summed E-state index contributed by atoms with van der Waals surface area (Å²) in [6.07, 6.45) is -4.35. The van der Waals surface area contributed by atoms with Gasteiger partial charge in [0.2, 0.25) is 0 Å². The third-order valence-electron chi connectivity index (χ3n) is 1.86. The Morgan fingerprint density at radius 1 is 1.44 bits per heavy atom. The molecule has 90 valence electrons. The SMILES string of the molecule is CC(N)c1cc(OCC(F)(F)F)ccc1Cl. The first-order valence-corrected chi connectivity index (χ1v) is 4.92. The zero-order valence-electron chi connectivity index (χ0n) is 8.51. The smallest absolute Gasteiger partial charge is 0.422 e. The van der Waals surface area contributed by atoms with Crippen LogP contribution in [0.2, 0.25) is 5.02 Å². The molecule has 0 spiro atoms. The van der Waals surface area contributed by atoms with Crippen molar-refractivity contribution >= 4 is 11.6 Å². The molecule has 0 aliphatic rings. The summed E-state index contributed by atoms with van der Waals surface area (Å²) in [6.45, 7) is 0.363. The number of hydrogen-bond donors (Lipinski definition) is 1. The molecular formula is C10H11ClF3NO. The second-order valence-electron chi connectivity index (χ2n) is 3.38. The van der Waals surface area contributed by atoms with Crippen molar-refractivity contribution in [3.8, 4) is 5.75 Å². The Kier molecular flexibility index (Phi) is 4.04. The molecule has 2 nitrogen and oxygen atoms in total. The number of alkyl halides is 3. The van der Waals surface area contributed by atoms with Crippen LogP contribution in [-0.4, -0.2) is 12.8 Å². The minimum atomic E-state index is -4.35. The Hall–Kier alpha value is -0.940. The van der Waals surface area contributed by atoms with Gasteiger partial charge in [-0.05, 0) is 30.7 Å².